The molecule has 3 amide bonds. The van der Waals surface area contributed by atoms with Crippen LogP contribution in [0.15, 0.2) is 46.8 Å². The minimum absolute atomic E-state index is 0.00179. The number of carboxylic acids is 1. The first-order chi connectivity index (χ1) is 21.0. The first-order valence-electron chi connectivity index (χ1n) is 13.7. The zero-order chi connectivity index (χ0) is 31.6. The number of urea groups is 1. The number of thiazole rings is 1. The molecule has 1 aliphatic rings. The molecular weight excluding hydrogens is 601 g/mol. The summed E-state index contributed by atoms with van der Waals surface area (Å²) in [6.45, 7) is 3.55. The Hall–Kier alpha value is -4.79. The van der Waals surface area contributed by atoms with Crippen molar-refractivity contribution >= 4 is 46.0 Å². The molecule has 1 aromatic carbocycles. The number of nitrogens with zero attached hydrogens (tertiary/aromatic N) is 4. The number of aromatic nitrogens is 3. The number of likely N-dealkylation sites (tertiary alicyclic amines) is 1. The number of carbonyl (C=O) groups is 3. The number of anilines is 1. The molecule has 3 N–H and O–H groups in total. The molecule has 11 nitrogen and oxygen atoms in total. The van der Waals surface area contributed by atoms with E-state index >= 15 is 0 Å². The van der Waals surface area contributed by atoms with E-state index in [2.05, 4.69) is 20.6 Å². The number of rotatable bonds is 9. The fourth-order valence-electron chi connectivity index (χ4n) is 5.05. The number of halogens is 3. The van der Waals surface area contributed by atoms with Crippen LogP contribution in [-0.2, 0) is 17.5 Å². The number of aryl methyl sites for hydroxylation is 1. The smallest absolute Gasteiger partial charge is 0.434 e. The monoisotopic (exact) mass is 628 g/mol. The van der Waals surface area contributed by atoms with Gasteiger partial charge in [0.15, 0.2) is 5.69 Å². The summed E-state index contributed by atoms with van der Waals surface area (Å²) in [5, 5.41) is 15.8. The van der Waals surface area contributed by atoms with Gasteiger partial charge in [-0.15, -0.1) is 11.3 Å². The summed E-state index contributed by atoms with van der Waals surface area (Å²) in [6, 6.07) is 5.58. The molecule has 4 aromatic rings. The minimum atomic E-state index is -4.67. The lowest BCUT2D eigenvalue weighted by Gasteiger charge is -2.18. The van der Waals surface area contributed by atoms with Crippen LogP contribution in [0.5, 0.6) is 0 Å². The molecule has 15 heteroatoms. The van der Waals surface area contributed by atoms with E-state index in [4.69, 9.17) is 0 Å². The van der Waals surface area contributed by atoms with E-state index in [1.807, 2.05) is 0 Å². The zero-order valence-corrected chi connectivity index (χ0v) is 24.2. The van der Waals surface area contributed by atoms with E-state index in [1.165, 1.54) is 24.5 Å². The van der Waals surface area contributed by atoms with Crippen LogP contribution in [0.1, 0.15) is 42.2 Å². The maximum absolute atomic E-state index is 13.4. The molecule has 1 saturated heterocycles. The molecule has 0 spiro atoms. The molecule has 1 aliphatic heterocycles. The summed E-state index contributed by atoms with van der Waals surface area (Å²) in [4.78, 5) is 59.1. The molecule has 0 bridgehead atoms. The number of carbonyl (C=O) groups excluding carboxylic acids is 2. The van der Waals surface area contributed by atoms with Crippen LogP contribution in [0.2, 0.25) is 0 Å². The summed E-state index contributed by atoms with van der Waals surface area (Å²) in [5.74, 6) is -1.27. The van der Waals surface area contributed by atoms with Gasteiger partial charge in [-0.25, -0.2) is 19.6 Å². The Kier molecular flexibility index (Phi) is 8.67. The molecule has 3 aromatic heterocycles. The first kappa shape index (κ1) is 30.7. The van der Waals surface area contributed by atoms with Gasteiger partial charge >= 0.3 is 18.2 Å². The largest absolute Gasteiger partial charge is 0.477 e. The summed E-state index contributed by atoms with van der Waals surface area (Å²) >= 11 is 0.753. The molecule has 5 rings (SSSR count). The Morgan fingerprint density at radius 3 is 2.59 bits per heavy atom. The lowest BCUT2D eigenvalue weighted by Crippen LogP contribution is -2.28. The third kappa shape index (κ3) is 6.41. The maximum atomic E-state index is 13.4. The Bertz CT molecular complexity index is 1820. The highest BCUT2D eigenvalue weighted by atomic mass is 32.1. The number of alkyl halides is 3. The van der Waals surface area contributed by atoms with Gasteiger partial charge in [-0.2, -0.15) is 13.2 Å². The Morgan fingerprint density at radius 1 is 1.14 bits per heavy atom. The van der Waals surface area contributed by atoms with E-state index in [-0.39, 0.29) is 27.7 Å². The van der Waals surface area contributed by atoms with Gasteiger partial charge in [-0.05, 0) is 43.5 Å². The van der Waals surface area contributed by atoms with Gasteiger partial charge in [0.1, 0.15) is 16.4 Å². The van der Waals surface area contributed by atoms with Crippen LogP contribution >= 0.6 is 11.3 Å². The van der Waals surface area contributed by atoms with Crippen molar-refractivity contribution in [3.05, 3.63) is 63.5 Å². The SMILES string of the molecule is CCNC(=O)Nc1cc(-c2nc(C(F)(F)F)cs2)c(-c2ccc3c(c2)c(=O)c(C(=O)O)cn3CCCN2CCCC2=O)cn1. The molecule has 0 saturated carbocycles. The molecule has 230 valence electrons. The number of pyridine rings is 2. The fraction of sp³-hybridized carbons (Fsp3) is 0.310. The number of hydrogen-bond acceptors (Lipinski definition) is 7. The quantitative estimate of drug-likeness (QED) is 0.235. The molecule has 0 unspecified atom stereocenters. The summed E-state index contributed by atoms with van der Waals surface area (Å²) in [5.41, 5.74) is -0.885. The third-order valence-corrected chi connectivity index (χ3v) is 8.00. The lowest BCUT2D eigenvalue weighted by atomic mass is 9.99. The van der Waals surface area contributed by atoms with Crippen molar-refractivity contribution in [3.63, 3.8) is 0 Å². The Balaban J connectivity index is 1.59. The number of hydrogen-bond donors (Lipinski definition) is 3. The number of carboxylic acid groups (broad SMARTS) is 1. The number of nitrogens with one attached hydrogen (secondary N) is 2. The van der Waals surface area contributed by atoms with Gasteiger partial charge in [-0.1, -0.05) is 6.07 Å². The van der Waals surface area contributed by atoms with E-state index in [0.29, 0.717) is 55.7 Å². The van der Waals surface area contributed by atoms with Crippen molar-refractivity contribution in [2.45, 2.75) is 38.9 Å². The second-order valence-electron chi connectivity index (χ2n) is 10.1. The standard InChI is InChI=1S/C29H27F3N6O5S/c1-2-33-28(43)36-23-12-17(26-35-22(15-44-26)29(30,31)32)19(13-34-23)16-6-7-21-18(11-16)25(40)20(27(41)42)14-38(21)10-4-9-37-8-3-5-24(37)39/h6-7,11-15H,2-5,8-10H2,1H3,(H,41,42)(H2,33,34,36,43). The number of fused-ring (bicyclic) bond motifs is 1. The number of amides is 3. The van der Waals surface area contributed by atoms with E-state index in [1.54, 1.807) is 28.5 Å². The molecule has 4 heterocycles. The molecular formula is C29H27F3N6O5S. The normalized spacial score (nSPS) is 13.5. The fourth-order valence-corrected chi connectivity index (χ4v) is 5.91. The van der Waals surface area contributed by atoms with Crippen molar-refractivity contribution in [1.82, 2.24) is 24.8 Å². The van der Waals surface area contributed by atoms with Gasteiger partial charge in [0.2, 0.25) is 11.3 Å². The van der Waals surface area contributed by atoms with Gasteiger partial charge in [0.25, 0.3) is 0 Å². The average molecular weight is 629 g/mol. The van der Waals surface area contributed by atoms with Crippen molar-refractivity contribution in [3.8, 4) is 21.7 Å². The predicted octanol–water partition coefficient (Wildman–Crippen LogP) is 5.06. The number of aromatic carboxylic acids is 1. The van der Waals surface area contributed by atoms with Crippen LogP contribution in [0.3, 0.4) is 0 Å². The summed E-state index contributed by atoms with van der Waals surface area (Å²) < 4.78 is 41.8. The van der Waals surface area contributed by atoms with Crippen molar-refractivity contribution < 1.29 is 32.7 Å². The summed E-state index contributed by atoms with van der Waals surface area (Å²) in [7, 11) is 0. The first-order valence-corrected chi connectivity index (χ1v) is 14.6. The lowest BCUT2D eigenvalue weighted by molar-refractivity contribution is -0.140. The predicted molar refractivity (Wildman–Crippen MR) is 158 cm³/mol. The van der Waals surface area contributed by atoms with Crippen molar-refractivity contribution in [2.75, 3.05) is 25.0 Å². The second kappa shape index (κ2) is 12.4. The second-order valence-corrected chi connectivity index (χ2v) is 10.9. The van der Waals surface area contributed by atoms with Crippen LogP contribution in [0.4, 0.5) is 23.8 Å². The molecule has 0 aliphatic carbocycles. The van der Waals surface area contributed by atoms with Crippen LogP contribution in [0.25, 0.3) is 32.6 Å². The van der Waals surface area contributed by atoms with Crippen molar-refractivity contribution in [1.29, 1.82) is 0 Å². The molecule has 0 atom stereocenters. The van der Waals surface area contributed by atoms with E-state index in [0.717, 1.165) is 23.1 Å². The number of benzene rings is 1. The Morgan fingerprint density at radius 2 is 1.93 bits per heavy atom. The van der Waals surface area contributed by atoms with Gasteiger partial charge < -0.3 is 19.9 Å². The maximum Gasteiger partial charge on any atom is 0.434 e. The highest BCUT2D eigenvalue weighted by molar-refractivity contribution is 7.13. The average Bonchev–Trinajstić information content (AvgIpc) is 3.64. The van der Waals surface area contributed by atoms with Crippen LogP contribution in [0, 0.1) is 0 Å². The highest BCUT2D eigenvalue weighted by Gasteiger charge is 2.34. The summed E-state index contributed by atoms with van der Waals surface area (Å²) in [6.07, 6.45) is -0.215. The van der Waals surface area contributed by atoms with Crippen LogP contribution in [-0.4, -0.2) is 62.1 Å². The van der Waals surface area contributed by atoms with E-state index in [9.17, 15) is 37.5 Å². The molecule has 1 fully saturated rings. The topological polar surface area (TPSA) is 147 Å². The van der Waals surface area contributed by atoms with Crippen molar-refractivity contribution in [2.24, 2.45) is 0 Å². The van der Waals surface area contributed by atoms with Crippen LogP contribution < -0.4 is 16.1 Å². The Labute approximate surface area is 252 Å². The van der Waals surface area contributed by atoms with Gasteiger partial charge in [-0.3, -0.25) is 14.9 Å². The van der Waals surface area contributed by atoms with Gasteiger partial charge in [0, 0.05) is 66.9 Å². The molecule has 44 heavy (non-hydrogen) atoms. The van der Waals surface area contributed by atoms with E-state index < -0.39 is 34.9 Å². The van der Waals surface area contributed by atoms with Gasteiger partial charge in [0.05, 0.1) is 5.52 Å². The molecule has 0 radical (unpaired) electrons. The minimum Gasteiger partial charge on any atom is -0.477 e. The third-order valence-electron chi connectivity index (χ3n) is 7.13. The highest BCUT2D eigenvalue weighted by Crippen LogP contribution is 2.39. The zero-order valence-electron chi connectivity index (χ0n) is 23.4.